The first kappa shape index (κ1) is 22.4. The van der Waals surface area contributed by atoms with Gasteiger partial charge in [0.05, 0.1) is 27.9 Å². The number of hydrogen-bond acceptors (Lipinski definition) is 5. The van der Waals surface area contributed by atoms with Crippen LogP contribution in [0.2, 0.25) is 5.02 Å². The minimum atomic E-state index is -0.251. The summed E-state index contributed by atoms with van der Waals surface area (Å²) in [5.41, 5.74) is 3.29. The Hall–Kier alpha value is -2.81. The van der Waals surface area contributed by atoms with Crippen molar-refractivity contribution in [1.82, 2.24) is 14.3 Å². The highest BCUT2D eigenvalue weighted by molar-refractivity contribution is 7.99. The van der Waals surface area contributed by atoms with Gasteiger partial charge in [0.25, 0.3) is 5.56 Å². The Morgan fingerprint density at radius 3 is 2.62 bits per heavy atom. The van der Waals surface area contributed by atoms with E-state index < -0.39 is 0 Å². The molecule has 0 atom stereocenters. The van der Waals surface area contributed by atoms with E-state index in [1.807, 2.05) is 66.9 Å². The van der Waals surface area contributed by atoms with Crippen LogP contribution in [-0.4, -0.2) is 26.0 Å². The van der Waals surface area contributed by atoms with Crippen LogP contribution in [0.5, 0.6) is 0 Å². The maximum absolute atomic E-state index is 12.9. The number of halogens is 1. The fourth-order valence-electron chi connectivity index (χ4n) is 3.27. The zero-order valence-corrected chi connectivity index (χ0v) is 19.9. The van der Waals surface area contributed by atoms with Crippen molar-refractivity contribution in [2.45, 2.75) is 12.7 Å². The number of nitrogens with zero attached hydrogens (tertiary/aromatic N) is 3. The minimum Gasteiger partial charge on any atom is -0.319 e. The summed E-state index contributed by atoms with van der Waals surface area (Å²) in [6.45, 7) is 1.81. The third-order valence-corrected chi connectivity index (χ3v) is 7.18. The number of carbonyl (C=O) groups is 1. The van der Waals surface area contributed by atoms with Gasteiger partial charge in [0, 0.05) is 23.7 Å². The van der Waals surface area contributed by atoms with Crippen LogP contribution in [0.1, 0.15) is 11.4 Å². The van der Waals surface area contributed by atoms with Crippen molar-refractivity contribution < 1.29 is 4.79 Å². The largest absolute Gasteiger partial charge is 0.319 e. The monoisotopic (exact) mass is 484 g/mol. The lowest BCUT2D eigenvalue weighted by Gasteiger charge is -2.07. The molecule has 32 heavy (non-hydrogen) atoms. The lowest BCUT2D eigenvalue weighted by atomic mass is 10.2. The predicted octanol–water partition coefficient (Wildman–Crippen LogP) is 5.13. The fraction of sp³-hybridized carbons (Fsp3) is 0.174. The molecule has 1 amide bonds. The maximum atomic E-state index is 12.9. The molecule has 9 heteroatoms. The van der Waals surface area contributed by atoms with E-state index in [4.69, 9.17) is 11.6 Å². The number of rotatable bonds is 7. The summed E-state index contributed by atoms with van der Waals surface area (Å²) < 4.78 is 3.29. The van der Waals surface area contributed by atoms with Gasteiger partial charge >= 0.3 is 0 Å². The number of aromatic nitrogens is 3. The van der Waals surface area contributed by atoms with Crippen LogP contribution in [0, 0.1) is 6.92 Å². The van der Waals surface area contributed by atoms with Gasteiger partial charge in [-0.2, -0.15) is 0 Å². The highest BCUT2D eigenvalue weighted by Gasteiger charge is 2.18. The molecule has 1 N–H and O–H groups in total. The number of thioether (sulfide) groups is 1. The average Bonchev–Trinajstić information content (AvgIpc) is 3.33. The molecule has 2 aromatic carbocycles. The van der Waals surface area contributed by atoms with Gasteiger partial charge in [-0.25, -0.2) is 9.67 Å². The number of para-hydroxylation sites is 1. The molecule has 6 nitrogen and oxygen atoms in total. The number of thiazole rings is 1. The summed E-state index contributed by atoms with van der Waals surface area (Å²) in [5.74, 6) is 0.594. The molecule has 4 aromatic rings. The van der Waals surface area contributed by atoms with Crippen molar-refractivity contribution in [3.05, 3.63) is 86.7 Å². The molecule has 0 aliphatic rings. The summed E-state index contributed by atoms with van der Waals surface area (Å²) in [6.07, 6.45) is 0. The molecule has 0 bridgehead atoms. The van der Waals surface area contributed by atoms with Crippen LogP contribution >= 0.6 is 34.7 Å². The van der Waals surface area contributed by atoms with Gasteiger partial charge in [0.1, 0.15) is 10.7 Å². The second-order valence-corrected chi connectivity index (χ2v) is 9.35. The molecule has 0 unspecified atom stereocenters. The number of benzene rings is 2. The highest BCUT2D eigenvalue weighted by Crippen LogP contribution is 2.31. The molecule has 0 saturated carbocycles. The molecule has 4 rings (SSSR count). The topological polar surface area (TPSA) is 68.9 Å². The third-order valence-electron chi connectivity index (χ3n) is 4.96. The summed E-state index contributed by atoms with van der Waals surface area (Å²) in [5, 5.41) is 6.29. The van der Waals surface area contributed by atoms with Crippen LogP contribution < -0.4 is 10.9 Å². The Bertz CT molecular complexity index is 1310. The van der Waals surface area contributed by atoms with Crippen LogP contribution in [0.3, 0.4) is 0 Å². The number of anilines is 1. The molecule has 164 valence electrons. The standard InChI is InChI=1S/C23H21ClN4O2S2/c1-15-21(23(30)28(27(15)2)17-8-4-3-5-9-17)26-20(29)14-31-12-16-13-32-22(25-16)18-10-6-7-11-19(18)24/h3-11,13H,12,14H2,1-2H3,(H,26,29). The molecule has 0 fully saturated rings. The maximum Gasteiger partial charge on any atom is 0.295 e. The number of hydrogen-bond donors (Lipinski definition) is 1. The van der Waals surface area contributed by atoms with Gasteiger partial charge in [-0.1, -0.05) is 48.0 Å². The van der Waals surface area contributed by atoms with Crippen LogP contribution in [0.4, 0.5) is 5.69 Å². The van der Waals surface area contributed by atoms with Gasteiger partial charge in [-0.05, 0) is 25.1 Å². The van der Waals surface area contributed by atoms with E-state index in [-0.39, 0.29) is 17.2 Å². The van der Waals surface area contributed by atoms with E-state index in [1.165, 1.54) is 23.1 Å². The summed E-state index contributed by atoms with van der Waals surface area (Å²) >= 11 is 9.23. The van der Waals surface area contributed by atoms with Crippen LogP contribution in [0.25, 0.3) is 16.3 Å². The molecule has 0 spiro atoms. The molecule has 2 aromatic heterocycles. The van der Waals surface area contributed by atoms with E-state index in [9.17, 15) is 9.59 Å². The van der Waals surface area contributed by atoms with Gasteiger partial charge in [-0.3, -0.25) is 14.3 Å². The second-order valence-electron chi connectivity index (χ2n) is 7.10. The Kier molecular flexibility index (Phi) is 6.83. The van der Waals surface area contributed by atoms with Gasteiger partial charge in [0.2, 0.25) is 5.91 Å². The first-order valence-electron chi connectivity index (χ1n) is 9.86. The first-order chi connectivity index (χ1) is 15.5. The van der Waals surface area contributed by atoms with E-state index in [2.05, 4.69) is 10.3 Å². The zero-order chi connectivity index (χ0) is 22.7. The molecule has 0 radical (unpaired) electrons. The van der Waals surface area contributed by atoms with Gasteiger partial charge in [-0.15, -0.1) is 23.1 Å². The van der Waals surface area contributed by atoms with E-state index in [0.29, 0.717) is 22.2 Å². The van der Waals surface area contributed by atoms with Crippen molar-refractivity contribution in [3.8, 4) is 16.3 Å². The molecular weight excluding hydrogens is 464 g/mol. The fourth-order valence-corrected chi connectivity index (χ4v) is 5.23. The summed E-state index contributed by atoms with van der Waals surface area (Å²) in [7, 11) is 1.80. The van der Waals surface area contributed by atoms with Crippen molar-refractivity contribution in [2.24, 2.45) is 7.05 Å². The lowest BCUT2D eigenvalue weighted by Crippen LogP contribution is -2.23. The van der Waals surface area contributed by atoms with Crippen molar-refractivity contribution in [1.29, 1.82) is 0 Å². The quantitative estimate of drug-likeness (QED) is 0.394. The highest BCUT2D eigenvalue weighted by atomic mass is 35.5. The molecule has 0 aliphatic heterocycles. The first-order valence-corrected chi connectivity index (χ1v) is 12.3. The van der Waals surface area contributed by atoms with Crippen molar-refractivity contribution in [3.63, 3.8) is 0 Å². The van der Waals surface area contributed by atoms with Gasteiger partial charge in [0.15, 0.2) is 0 Å². The summed E-state index contributed by atoms with van der Waals surface area (Å²) in [6, 6.07) is 16.9. The smallest absolute Gasteiger partial charge is 0.295 e. The number of carbonyl (C=O) groups excluding carboxylic acids is 1. The lowest BCUT2D eigenvalue weighted by molar-refractivity contribution is -0.113. The van der Waals surface area contributed by atoms with Crippen molar-refractivity contribution in [2.75, 3.05) is 11.1 Å². The molecule has 0 aliphatic carbocycles. The van der Waals surface area contributed by atoms with Gasteiger partial charge < -0.3 is 5.32 Å². The molecule has 0 saturated heterocycles. The Morgan fingerprint density at radius 1 is 1.16 bits per heavy atom. The van der Waals surface area contributed by atoms with Crippen molar-refractivity contribution >= 4 is 46.3 Å². The normalized spacial score (nSPS) is 11.0. The average molecular weight is 485 g/mol. The second kappa shape index (κ2) is 9.77. The number of nitrogens with one attached hydrogen (secondary N) is 1. The Balaban J connectivity index is 1.38. The molecule has 2 heterocycles. The Morgan fingerprint density at radius 2 is 1.88 bits per heavy atom. The third kappa shape index (κ3) is 4.67. The van der Waals surface area contributed by atoms with Crippen LogP contribution in [0.15, 0.2) is 64.8 Å². The number of amides is 1. The van der Waals surface area contributed by atoms with E-state index in [0.717, 1.165) is 22.0 Å². The predicted molar refractivity (Wildman–Crippen MR) is 133 cm³/mol. The zero-order valence-electron chi connectivity index (χ0n) is 17.5. The minimum absolute atomic E-state index is 0.220. The van der Waals surface area contributed by atoms with E-state index >= 15 is 0 Å². The van der Waals surface area contributed by atoms with Crippen LogP contribution in [-0.2, 0) is 17.6 Å². The molecular formula is C23H21ClN4O2S2. The summed E-state index contributed by atoms with van der Waals surface area (Å²) in [4.78, 5) is 30.0. The van der Waals surface area contributed by atoms with E-state index in [1.54, 1.807) is 16.4 Å². The SMILES string of the molecule is Cc1c(NC(=O)CSCc2csc(-c3ccccc3Cl)n2)c(=O)n(-c2ccccc2)n1C. The Labute approximate surface area is 198 Å².